The standard InChI is InChI=1S/C22H25NO3/c1-22(2,3)17-9-6-15(7-10-17)19(24)14-21(25)23-18-11-8-16-5-4-12-26-20(16)13-18/h6-11,13H,4-5,12,14H2,1-3H3,(H,23,25). The van der Waals surface area contributed by atoms with Crippen LogP contribution in [0.5, 0.6) is 5.75 Å². The first-order valence-electron chi connectivity index (χ1n) is 9.02. The molecule has 1 N–H and O–H groups in total. The highest BCUT2D eigenvalue weighted by Gasteiger charge is 2.17. The molecule has 0 fully saturated rings. The van der Waals surface area contributed by atoms with Gasteiger partial charge < -0.3 is 10.1 Å². The summed E-state index contributed by atoms with van der Waals surface area (Å²) < 4.78 is 5.62. The van der Waals surface area contributed by atoms with E-state index in [0.717, 1.165) is 29.7 Å². The number of rotatable bonds is 4. The number of hydrogen-bond donors (Lipinski definition) is 1. The van der Waals surface area contributed by atoms with E-state index in [1.54, 1.807) is 12.1 Å². The van der Waals surface area contributed by atoms with Gasteiger partial charge in [-0.15, -0.1) is 0 Å². The smallest absolute Gasteiger partial charge is 0.232 e. The molecule has 1 amide bonds. The van der Waals surface area contributed by atoms with E-state index >= 15 is 0 Å². The minimum Gasteiger partial charge on any atom is -0.493 e. The van der Waals surface area contributed by atoms with Crippen molar-refractivity contribution in [3.63, 3.8) is 0 Å². The Morgan fingerprint density at radius 3 is 2.50 bits per heavy atom. The molecule has 3 rings (SSSR count). The van der Waals surface area contributed by atoms with Gasteiger partial charge in [0, 0.05) is 17.3 Å². The molecule has 0 aliphatic carbocycles. The Morgan fingerprint density at radius 2 is 1.81 bits per heavy atom. The normalized spacial score (nSPS) is 13.5. The molecule has 2 aromatic carbocycles. The maximum atomic E-state index is 12.4. The van der Waals surface area contributed by atoms with Gasteiger partial charge in [-0.2, -0.15) is 0 Å². The van der Waals surface area contributed by atoms with Crippen molar-refractivity contribution in [3.05, 3.63) is 59.2 Å². The van der Waals surface area contributed by atoms with Gasteiger partial charge in [0.2, 0.25) is 5.91 Å². The van der Waals surface area contributed by atoms with Gasteiger partial charge in [0.1, 0.15) is 5.75 Å². The van der Waals surface area contributed by atoms with Crippen molar-refractivity contribution < 1.29 is 14.3 Å². The van der Waals surface area contributed by atoms with Gasteiger partial charge in [-0.3, -0.25) is 9.59 Å². The molecule has 4 nitrogen and oxygen atoms in total. The molecule has 1 aliphatic rings. The largest absolute Gasteiger partial charge is 0.493 e. The van der Waals surface area contributed by atoms with Crippen molar-refractivity contribution >= 4 is 17.4 Å². The fourth-order valence-corrected chi connectivity index (χ4v) is 3.03. The quantitative estimate of drug-likeness (QED) is 0.651. The summed E-state index contributed by atoms with van der Waals surface area (Å²) in [4.78, 5) is 24.6. The minimum absolute atomic E-state index is 0.0352. The lowest BCUT2D eigenvalue weighted by molar-refractivity contribution is -0.115. The molecule has 0 radical (unpaired) electrons. The van der Waals surface area contributed by atoms with Crippen LogP contribution in [0, 0.1) is 0 Å². The van der Waals surface area contributed by atoms with Crippen LogP contribution in [0.4, 0.5) is 5.69 Å². The number of carbonyl (C=O) groups excluding carboxylic acids is 2. The Labute approximate surface area is 154 Å². The second-order valence-electron chi connectivity index (χ2n) is 7.75. The number of hydrogen-bond acceptors (Lipinski definition) is 3. The summed E-state index contributed by atoms with van der Waals surface area (Å²) in [5.41, 5.74) is 3.57. The summed E-state index contributed by atoms with van der Waals surface area (Å²) in [6.45, 7) is 7.08. The third kappa shape index (κ3) is 4.31. The van der Waals surface area contributed by atoms with Crippen LogP contribution in [0.25, 0.3) is 0 Å². The fraction of sp³-hybridized carbons (Fsp3) is 0.364. The first kappa shape index (κ1) is 18.2. The van der Waals surface area contributed by atoms with E-state index in [9.17, 15) is 9.59 Å². The molecule has 0 saturated heterocycles. The Hall–Kier alpha value is -2.62. The van der Waals surface area contributed by atoms with E-state index in [1.165, 1.54) is 0 Å². The molecule has 0 saturated carbocycles. The Kier molecular flexibility index (Phi) is 5.12. The molecule has 0 spiro atoms. The highest BCUT2D eigenvalue weighted by molar-refractivity contribution is 6.11. The van der Waals surface area contributed by atoms with Gasteiger partial charge in [-0.05, 0) is 35.4 Å². The van der Waals surface area contributed by atoms with Crippen LogP contribution in [-0.4, -0.2) is 18.3 Å². The first-order valence-corrected chi connectivity index (χ1v) is 9.02. The molecular formula is C22H25NO3. The third-order valence-electron chi connectivity index (χ3n) is 4.59. The van der Waals surface area contributed by atoms with Crippen LogP contribution < -0.4 is 10.1 Å². The topological polar surface area (TPSA) is 55.4 Å². The fourth-order valence-electron chi connectivity index (χ4n) is 3.03. The summed E-state index contributed by atoms with van der Waals surface area (Å²) in [5, 5.41) is 2.79. The van der Waals surface area contributed by atoms with Crippen LogP contribution in [0.15, 0.2) is 42.5 Å². The minimum atomic E-state index is -0.314. The van der Waals surface area contributed by atoms with E-state index < -0.39 is 0 Å². The molecule has 26 heavy (non-hydrogen) atoms. The van der Waals surface area contributed by atoms with Crippen LogP contribution >= 0.6 is 0 Å². The number of fused-ring (bicyclic) bond motifs is 1. The number of nitrogens with one attached hydrogen (secondary N) is 1. The van der Waals surface area contributed by atoms with Crippen molar-refractivity contribution in [1.82, 2.24) is 0 Å². The average Bonchev–Trinajstić information content (AvgIpc) is 2.61. The van der Waals surface area contributed by atoms with Crippen molar-refractivity contribution in [3.8, 4) is 5.75 Å². The zero-order valence-electron chi connectivity index (χ0n) is 15.6. The van der Waals surface area contributed by atoms with Gasteiger partial charge in [-0.25, -0.2) is 0 Å². The van der Waals surface area contributed by atoms with Crippen molar-refractivity contribution in [2.75, 3.05) is 11.9 Å². The molecular weight excluding hydrogens is 326 g/mol. The van der Waals surface area contributed by atoms with Crippen molar-refractivity contribution in [2.24, 2.45) is 0 Å². The SMILES string of the molecule is CC(C)(C)c1ccc(C(=O)CC(=O)Nc2ccc3c(c2)OCCC3)cc1. The van der Waals surface area contributed by atoms with Gasteiger partial charge in [0.15, 0.2) is 5.78 Å². The van der Waals surface area contributed by atoms with Crippen LogP contribution in [0.2, 0.25) is 0 Å². The number of aryl methyl sites for hydroxylation is 1. The molecule has 4 heteroatoms. The van der Waals surface area contributed by atoms with E-state index in [4.69, 9.17) is 4.74 Å². The highest BCUT2D eigenvalue weighted by atomic mass is 16.5. The van der Waals surface area contributed by atoms with Gasteiger partial charge >= 0.3 is 0 Å². The summed E-state index contributed by atoms with van der Waals surface area (Å²) >= 11 is 0. The predicted molar refractivity (Wildman–Crippen MR) is 103 cm³/mol. The first-order chi connectivity index (χ1) is 12.3. The van der Waals surface area contributed by atoms with Crippen LogP contribution in [0.1, 0.15) is 55.1 Å². The lowest BCUT2D eigenvalue weighted by Crippen LogP contribution is -2.17. The molecule has 2 aromatic rings. The number of ether oxygens (including phenoxy) is 1. The van der Waals surface area contributed by atoms with E-state index in [0.29, 0.717) is 17.9 Å². The lowest BCUT2D eigenvalue weighted by Gasteiger charge is -2.19. The van der Waals surface area contributed by atoms with Crippen LogP contribution in [0.3, 0.4) is 0 Å². The zero-order chi connectivity index (χ0) is 18.7. The van der Waals surface area contributed by atoms with E-state index in [-0.39, 0.29) is 23.5 Å². The predicted octanol–water partition coefficient (Wildman–Crippen LogP) is 4.52. The second-order valence-corrected chi connectivity index (χ2v) is 7.75. The lowest BCUT2D eigenvalue weighted by atomic mass is 9.86. The molecule has 0 atom stereocenters. The second kappa shape index (κ2) is 7.32. The molecule has 136 valence electrons. The van der Waals surface area contributed by atoms with E-state index in [2.05, 4.69) is 26.1 Å². The number of amides is 1. The van der Waals surface area contributed by atoms with Gasteiger partial charge in [-0.1, -0.05) is 51.1 Å². The highest BCUT2D eigenvalue weighted by Crippen LogP contribution is 2.28. The number of Topliss-reactive ketones (excluding diaryl/α,β-unsaturated/α-hetero) is 1. The van der Waals surface area contributed by atoms with Gasteiger partial charge in [0.25, 0.3) is 0 Å². The molecule has 1 aliphatic heterocycles. The Balaban J connectivity index is 1.62. The average molecular weight is 351 g/mol. The van der Waals surface area contributed by atoms with Crippen molar-refractivity contribution in [1.29, 1.82) is 0 Å². The molecule has 0 bridgehead atoms. The van der Waals surface area contributed by atoms with Gasteiger partial charge in [0.05, 0.1) is 13.0 Å². The Morgan fingerprint density at radius 1 is 1.08 bits per heavy atom. The zero-order valence-corrected chi connectivity index (χ0v) is 15.6. The summed E-state index contributed by atoms with van der Waals surface area (Å²) in [6, 6.07) is 13.1. The monoisotopic (exact) mass is 351 g/mol. The number of carbonyl (C=O) groups is 2. The summed E-state index contributed by atoms with van der Waals surface area (Å²) in [7, 11) is 0. The summed E-state index contributed by atoms with van der Waals surface area (Å²) in [5.74, 6) is 0.320. The molecule has 0 aromatic heterocycles. The molecule has 0 unspecified atom stereocenters. The number of benzene rings is 2. The Bertz CT molecular complexity index is 816. The molecule has 1 heterocycles. The third-order valence-corrected chi connectivity index (χ3v) is 4.59. The maximum Gasteiger partial charge on any atom is 0.232 e. The van der Waals surface area contributed by atoms with E-state index in [1.807, 2.05) is 30.3 Å². The maximum absolute atomic E-state index is 12.4. The van der Waals surface area contributed by atoms with Crippen LogP contribution in [-0.2, 0) is 16.6 Å². The van der Waals surface area contributed by atoms with Crippen molar-refractivity contribution in [2.45, 2.75) is 45.4 Å². The summed E-state index contributed by atoms with van der Waals surface area (Å²) in [6.07, 6.45) is 1.83. The number of anilines is 1. The number of ketones is 1.